The third-order valence-corrected chi connectivity index (χ3v) is 4.33. The average molecular weight is 266 g/mol. The SMILES string of the molecule is C[C@H](NC(=O)OCC[Si](C)(C)C)c1ccncc1. The van der Waals surface area contributed by atoms with E-state index in [1.54, 1.807) is 12.4 Å². The van der Waals surface area contributed by atoms with E-state index in [1.807, 2.05) is 19.1 Å². The van der Waals surface area contributed by atoms with Gasteiger partial charge >= 0.3 is 6.09 Å². The van der Waals surface area contributed by atoms with Gasteiger partial charge < -0.3 is 10.1 Å². The van der Waals surface area contributed by atoms with E-state index in [9.17, 15) is 4.79 Å². The molecule has 1 aromatic heterocycles. The van der Waals surface area contributed by atoms with E-state index in [4.69, 9.17) is 4.74 Å². The third kappa shape index (κ3) is 5.81. The highest BCUT2D eigenvalue weighted by Gasteiger charge is 2.15. The summed E-state index contributed by atoms with van der Waals surface area (Å²) in [6, 6.07) is 4.69. The molecule has 1 rings (SSSR count). The molecule has 0 aliphatic heterocycles. The number of aromatic nitrogens is 1. The van der Waals surface area contributed by atoms with Crippen molar-refractivity contribution in [3.05, 3.63) is 30.1 Å². The number of hydrogen-bond acceptors (Lipinski definition) is 3. The minimum absolute atomic E-state index is 0.0626. The van der Waals surface area contributed by atoms with Gasteiger partial charge in [-0.25, -0.2) is 4.79 Å². The molecule has 0 spiro atoms. The van der Waals surface area contributed by atoms with E-state index in [0.717, 1.165) is 11.6 Å². The maximum absolute atomic E-state index is 11.6. The second-order valence-electron chi connectivity index (χ2n) is 5.59. The summed E-state index contributed by atoms with van der Waals surface area (Å²) >= 11 is 0. The van der Waals surface area contributed by atoms with Gasteiger partial charge in [-0.05, 0) is 30.7 Å². The number of ether oxygens (including phenoxy) is 1. The average Bonchev–Trinajstić information content (AvgIpc) is 2.28. The maximum Gasteiger partial charge on any atom is 0.407 e. The molecular weight excluding hydrogens is 244 g/mol. The van der Waals surface area contributed by atoms with Gasteiger partial charge in [0.2, 0.25) is 0 Å². The lowest BCUT2D eigenvalue weighted by atomic mass is 10.1. The molecule has 0 fully saturated rings. The molecular formula is C13H22N2O2Si. The van der Waals surface area contributed by atoms with Crippen LogP contribution in [0.3, 0.4) is 0 Å². The summed E-state index contributed by atoms with van der Waals surface area (Å²) in [6.07, 6.45) is 3.08. The lowest BCUT2D eigenvalue weighted by Gasteiger charge is -2.17. The molecule has 0 saturated carbocycles. The van der Waals surface area contributed by atoms with Crippen molar-refractivity contribution in [3.8, 4) is 0 Å². The lowest BCUT2D eigenvalue weighted by molar-refractivity contribution is 0.148. The number of pyridine rings is 1. The van der Waals surface area contributed by atoms with E-state index in [2.05, 4.69) is 29.9 Å². The predicted octanol–water partition coefficient (Wildman–Crippen LogP) is 3.21. The largest absolute Gasteiger partial charge is 0.450 e. The lowest BCUT2D eigenvalue weighted by Crippen LogP contribution is -2.29. The Labute approximate surface area is 110 Å². The Morgan fingerprint density at radius 1 is 1.39 bits per heavy atom. The molecule has 0 aromatic carbocycles. The first-order valence-corrected chi connectivity index (χ1v) is 9.92. The molecule has 0 radical (unpaired) electrons. The van der Waals surface area contributed by atoms with Crippen LogP contribution in [0.25, 0.3) is 0 Å². The smallest absolute Gasteiger partial charge is 0.407 e. The van der Waals surface area contributed by atoms with E-state index in [-0.39, 0.29) is 12.1 Å². The number of amides is 1. The quantitative estimate of drug-likeness (QED) is 0.833. The molecule has 1 heterocycles. The van der Waals surface area contributed by atoms with Crippen molar-refractivity contribution in [2.45, 2.75) is 38.7 Å². The van der Waals surface area contributed by atoms with Gasteiger partial charge in [0.05, 0.1) is 12.6 Å². The molecule has 18 heavy (non-hydrogen) atoms. The van der Waals surface area contributed by atoms with Crippen LogP contribution in [0.1, 0.15) is 18.5 Å². The summed E-state index contributed by atoms with van der Waals surface area (Å²) in [6.45, 7) is 9.20. The van der Waals surface area contributed by atoms with Crippen LogP contribution in [0.15, 0.2) is 24.5 Å². The third-order valence-electron chi connectivity index (χ3n) is 2.63. The summed E-state index contributed by atoms with van der Waals surface area (Å²) in [4.78, 5) is 15.5. The molecule has 0 aliphatic rings. The van der Waals surface area contributed by atoms with Crippen LogP contribution in [0.4, 0.5) is 4.79 Å². The van der Waals surface area contributed by atoms with Crippen molar-refractivity contribution in [2.24, 2.45) is 0 Å². The molecule has 1 atom stereocenters. The Morgan fingerprint density at radius 2 is 2.00 bits per heavy atom. The van der Waals surface area contributed by atoms with Crippen LogP contribution < -0.4 is 5.32 Å². The van der Waals surface area contributed by atoms with Crippen LogP contribution in [0, 0.1) is 0 Å². The summed E-state index contributed by atoms with van der Waals surface area (Å²) in [5.41, 5.74) is 1.02. The van der Waals surface area contributed by atoms with Crippen LogP contribution in [-0.4, -0.2) is 25.8 Å². The molecule has 1 N–H and O–H groups in total. The van der Waals surface area contributed by atoms with Gasteiger partial charge in [-0.2, -0.15) is 0 Å². The van der Waals surface area contributed by atoms with Gasteiger partial charge in [0.15, 0.2) is 0 Å². The highest BCUT2D eigenvalue weighted by Crippen LogP contribution is 2.11. The highest BCUT2D eigenvalue weighted by atomic mass is 28.3. The van der Waals surface area contributed by atoms with Crippen molar-refractivity contribution in [1.29, 1.82) is 0 Å². The first-order valence-electron chi connectivity index (χ1n) is 6.22. The predicted molar refractivity (Wildman–Crippen MR) is 75.3 cm³/mol. The van der Waals surface area contributed by atoms with Crippen molar-refractivity contribution in [1.82, 2.24) is 10.3 Å². The standard InChI is InChI=1S/C13H22N2O2Si/c1-11(12-5-7-14-8-6-12)15-13(16)17-9-10-18(2,3)4/h5-8,11H,9-10H2,1-4H3,(H,15,16)/t11-/m0/s1. The summed E-state index contributed by atoms with van der Waals surface area (Å²) < 4.78 is 5.18. The zero-order valence-electron chi connectivity index (χ0n) is 11.6. The van der Waals surface area contributed by atoms with Gasteiger partial charge in [-0.15, -0.1) is 0 Å². The normalized spacial score (nSPS) is 12.9. The highest BCUT2D eigenvalue weighted by molar-refractivity contribution is 6.76. The molecule has 0 unspecified atom stereocenters. The van der Waals surface area contributed by atoms with Gasteiger partial charge in [0.1, 0.15) is 0 Å². The molecule has 0 saturated heterocycles. The van der Waals surface area contributed by atoms with Crippen molar-refractivity contribution in [2.75, 3.05) is 6.61 Å². The first kappa shape index (κ1) is 14.7. The number of hydrogen-bond donors (Lipinski definition) is 1. The minimum atomic E-state index is -1.14. The van der Waals surface area contributed by atoms with Crippen LogP contribution in [-0.2, 0) is 4.74 Å². The van der Waals surface area contributed by atoms with E-state index < -0.39 is 8.07 Å². The Hall–Kier alpha value is -1.36. The fourth-order valence-electron chi connectivity index (χ4n) is 1.40. The number of rotatable bonds is 5. The number of carbonyl (C=O) groups excluding carboxylic acids is 1. The van der Waals surface area contributed by atoms with Crippen molar-refractivity contribution >= 4 is 14.2 Å². The number of nitrogens with one attached hydrogen (secondary N) is 1. The molecule has 4 nitrogen and oxygen atoms in total. The second-order valence-corrected chi connectivity index (χ2v) is 11.2. The van der Waals surface area contributed by atoms with Gasteiger partial charge in [0, 0.05) is 20.5 Å². The molecule has 0 bridgehead atoms. The zero-order chi connectivity index (χ0) is 13.6. The van der Waals surface area contributed by atoms with E-state index >= 15 is 0 Å². The first-order chi connectivity index (χ1) is 8.38. The minimum Gasteiger partial charge on any atom is -0.450 e. The zero-order valence-corrected chi connectivity index (χ0v) is 12.6. The fraction of sp³-hybridized carbons (Fsp3) is 0.538. The Bertz CT molecular complexity index is 376. The summed E-state index contributed by atoms with van der Waals surface area (Å²) in [5, 5.41) is 2.81. The Balaban J connectivity index is 2.32. The molecule has 0 aliphatic carbocycles. The second kappa shape index (κ2) is 6.54. The van der Waals surface area contributed by atoms with Crippen LogP contribution >= 0.6 is 0 Å². The van der Waals surface area contributed by atoms with E-state index in [0.29, 0.717) is 6.61 Å². The Kier molecular flexibility index (Phi) is 5.34. The van der Waals surface area contributed by atoms with Crippen LogP contribution in [0.2, 0.25) is 25.7 Å². The van der Waals surface area contributed by atoms with Gasteiger partial charge in [-0.3, -0.25) is 4.98 Å². The van der Waals surface area contributed by atoms with Crippen LogP contribution in [0.5, 0.6) is 0 Å². The number of carbonyl (C=O) groups is 1. The maximum atomic E-state index is 11.6. The van der Waals surface area contributed by atoms with E-state index in [1.165, 1.54) is 0 Å². The molecule has 1 amide bonds. The van der Waals surface area contributed by atoms with Crippen molar-refractivity contribution in [3.63, 3.8) is 0 Å². The van der Waals surface area contributed by atoms with Gasteiger partial charge in [0.25, 0.3) is 0 Å². The Morgan fingerprint density at radius 3 is 2.56 bits per heavy atom. The van der Waals surface area contributed by atoms with Crippen molar-refractivity contribution < 1.29 is 9.53 Å². The molecule has 5 heteroatoms. The number of alkyl carbamates (subject to hydrolysis) is 1. The summed E-state index contributed by atoms with van der Waals surface area (Å²) in [5.74, 6) is 0. The monoisotopic (exact) mass is 266 g/mol. The topological polar surface area (TPSA) is 51.2 Å². The fourth-order valence-corrected chi connectivity index (χ4v) is 2.12. The van der Waals surface area contributed by atoms with Gasteiger partial charge in [-0.1, -0.05) is 19.6 Å². The molecule has 1 aromatic rings. The summed E-state index contributed by atoms with van der Waals surface area (Å²) in [7, 11) is -1.14. The number of nitrogens with zero attached hydrogens (tertiary/aromatic N) is 1. The molecule has 100 valence electrons.